The van der Waals surface area contributed by atoms with Gasteiger partial charge in [-0.1, -0.05) is 39.0 Å². The fourth-order valence-corrected chi connectivity index (χ4v) is 1.41. The molecule has 0 atom stereocenters. The van der Waals surface area contributed by atoms with Gasteiger partial charge >= 0.3 is 0 Å². The van der Waals surface area contributed by atoms with Crippen LogP contribution >= 0.6 is 0 Å². The minimum absolute atomic E-state index is 1.12. The Labute approximate surface area is 65.0 Å². The van der Waals surface area contributed by atoms with Gasteiger partial charge in [0.05, 0.1) is 0 Å². The quantitative estimate of drug-likeness (QED) is 0.510. The average Bonchev–Trinajstić information content (AvgIpc) is 1.84. The van der Waals surface area contributed by atoms with Crippen molar-refractivity contribution in [3.05, 3.63) is 12.8 Å². The second-order valence-corrected chi connectivity index (χ2v) is 3.27. The van der Waals surface area contributed by atoms with Crippen molar-refractivity contribution in [2.75, 3.05) is 0 Å². The molecule has 0 heterocycles. The van der Waals surface area contributed by atoms with Crippen LogP contribution in [0.15, 0.2) is 0 Å². The molecule has 0 amide bonds. The van der Waals surface area contributed by atoms with Crippen molar-refractivity contribution >= 4 is 0 Å². The molecule has 0 saturated heterocycles. The third kappa shape index (κ3) is 2.72. The van der Waals surface area contributed by atoms with Gasteiger partial charge < -0.3 is 0 Å². The first-order chi connectivity index (χ1) is 4.93. The van der Waals surface area contributed by atoms with E-state index in [0.29, 0.717) is 0 Å². The van der Waals surface area contributed by atoms with E-state index >= 15 is 0 Å². The zero-order valence-electron chi connectivity index (χ0n) is 6.86. The van der Waals surface area contributed by atoms with Crippen LogP contribution in [0.4, 0.5) is 0 Å². The zero-order chi connectivity index (χ0) is 7.23. The van der Waals surface area contributed by atoms with Gasteiger partial charge in [0.2, 0.25) is 0 Å². The van der Waals surface area contributed by atoms with Crippen LogP contribution < -0.4 is 0 Å². The summed E-state index contributed by atoms with van der Waals surface area (Å²) in [5.41, 5.74) is 0. The lowest BCUT2D eigenvalue weighted by Gasteiger charge is -2.24. The number of hydrogen-bond acceptors (Lipinski definition) is 0. The molecule has 0 aliphatic heterocycles. The van der Waals surface area contributed by atoms with Crippen LogP contribution in [-0.4, -0.2) is 0 Å². The maximum absolute atomic E-state index is 3.83. The third-order valence-electron chi connectivity index (χ3n) is 2.34. The molecule has 0 heteroatoms. The van der Waals surface area contributed by atoms with E-state index in [4.69, 9.17) is 0 Å². The first-order valence-electron chi connectivity index (χ1n) is 4.56. The van der Waals surface area contributed by atoms with Crippen molar-refractivity contribution in [1.29, 1.82) is 0 Å². The highest BCUT2D eigenvalue weighted by Crippen LogP contribution is 2.33. The lowest BCUT2D eigenvalue weighted by atomic mass is 9.82. The van der Waals surface area contributed by atoms with Gasteiger partial charge in [-0.25, -0.2) is 0 Å². The molecule has 0 aromatic heterocycles. The van der Waals surface area contributed by atoms with E-state index in [1.165, 1.54) is 44.9 Å². The molecule has 0 aromatic carbocycles. The summed E-state index contributed by atoms with van der Waals surface area (Å²) in [5, 5.41) is 0. The Morgan fingerprint density at radius 2 is 1.90 bits per heavy atom. The van der Waals surface area contributed by atoms with E-state index in [1.54, 1.807) is 0 Å². The second-order valence-electron chi connectivity index (χ2n) is 3.27. The Morgan fingerprint density at radius 3 is 2.40 bits per heavy atom. The lowest BCUT2D eigenvalue weighted by Crippen LogP contribution is -2.07. The third-order valence-corrected chi connectivity index (χ3v) is 2.34. The lowest BCUT2D eigenvalue weighted by molar-refractivity contribution is 0.485. The average molecular weight is 138 g/mol. The minimum atomic E-state index is 1.12. The first kappa shape index (κ1) is 8.10. The minimum Gasteiger partial charge on any atom is -0.0533 e. The van der Waals surface area contributed by atoms with Crippen molar-refractivity contribution in [2.24, 2.45) is 0 Å². The van der Waals surface area contributed by atoms with Gasteiger partial charge in [0.25, 0.3) is 0 Å². The Morgan fingerprint density at radius 1 is 1.10 bits per heavy atom. The second kappa shape index (κ2) is 4.76. The summed E-state index contributed by atoms with van der Waals surface area (Å²) < 4.78 is 0. The smallest absolute Gasteiger partial charge is 0.0241 e. The maximum Gasteiger partial charge on any atom is -0.0241 e. The largest absolute Gasteiger partial charge is 0.0533 e. The van der Waals surface area contributed by atoms with Gasteiger partial charge in [0.15, 0.2) is 0 Å². The van der Waals surface area contributed by atoms with Crippen molar-refractivity contribution < 1.29 is 0 Å². The molecule has 0 nitrogen and oxygen atoms in total. The molecule has 0 unspecified atom stereocenters. The van der Waals surface area contributed by atoms with Crippen LogP contribution in [0, 0.1) is 12.8 Å². The molecule has 0 spiro atoms. The molecular weight excluding hydrogens is 120 g/mol. The van der Waals surface area contributed by atoms with Crippen LogP contribution in [0.3, 0.4) is 0 Å². The Balaban J connectivity index is 1.76. The van der Waals surface area contributed by atoms with E-state index in [0.717, 1.165) is 6.42 Å². The van der Waals surface area contributed by atoms with E-state index in [1.807, 2.05) is 5.92 Å². The molecular formula is C10H18. The molecule has 0 aromatic rings. The monoisotopic (exact) mass is 138 g/mol. The number of hydrogen-bond donors (Lipinski definition) is 0. The zero-order valence-corrected chi connectivity index (χ0v) is 6.86. The molecule has 1 rings (SSSR count). The van der Waals surface area contributed by atoms with E-state index in [2.05, 4.69) is 6.92 Å². The molecule has 0 N–H and O–H groups in total. The van der Waals surface area contributed by atoms with Crippen LogP contribution in [0.5, 0.6) is 0 Å². The topological polar surface area (TPSA) is 0 Å². The fourth-order valence-electron chi connectivity index (χ4n) is 1.41. The van der Waals surface area contributed by atoms with E-state index < -0.39 is 0 Å². The normalized spacial score (nSPS) is 18.9. The molecule has 10 heavy (non-hydrogen) atoms. The molecule has 1 saturated carbocycles. The van der Waals surface area contributed by atoms with Gasteiger partial charge in [0.1, 0.15) is 0 Å². The predicted octanol–water partition coefficient (Wildman–Crippen LogP) is 3.53. The highest BCUT2D eigenvalue weighted by molar-refractivity contribution is 4.97. The molecule has 0 bridgehead atoms. The van der Waals surface area contributed by atoms with Gasteiger partial charge in [0, 0.05) is 0 Å². The van der Waals surface area contributed by atoms with E-state index in [-0.39, 0.29) is 0 Å². The summed E-state index contributed by atoms with van der Waals surface area (Å²) in [6, 6.07) is 0. The molecule has 1 fully saturated rings. The summed E-state index contributed by atoms with van der Waals surface area (Å²) in [6.45, 7) is 3.83. The van der Waals surface area contributed by atoms with Crippen molar-refractivity contribution in [2.45, 2.75) is 51.4 Å². The Bertz CT molecular complexity index is 72.1. The van der Waals surface area contributed by atoms with Crippen molar-refractivity contribution in [1.82, 2.24) is 0 Å². The Hall–Kier alpha value is 0. The summed E-state index contributed by atoms with van der Waals surface area (Å²) in [6.07, 6.45) is 11.0. The standard InChI is InChI=1S/C10H18/c1-2-3-4-5-7-10-8-6-9-10/h1-9H2. The SMILES string of the molecule is [CH2]CCCCC[C]1CCC1. The van der Waals surface area contributed by atoms with Crippen LogP contribution in [0.2, 0.25) is 0 Å². The summed E-state index contributed by atoms with van der Waals surface area (Å²) >= 11 is 0. The summed E-state index contributed by atoms with van der Waals surface area (Å²) in [5.74, 6) is 1.82. The van der Waals surface area contributed by atoms with Crippen molar-refractivity contribution in [3.63, 3.8) is 0 Å². The predicted molar refractivity (Wildman–Crippen MR) is 45.5 cm³/mol. The van der Waals surface area contributed by atoms with Crippen LogP contribution in [-0.2, 0) is 0 Å². The number of unbranched alkanes of at least 4 members (excludes halogenated alkanes) is 3. The summed E-state index contributed by atoms with van der Waals surface area (Å²) in [4.78, 5) is 0. The summed E-state index contributed by atoms with van der Waals surface area (Å²) in [7, 11) is 0. The Kier molecular flexibility index (Phi) is 3.86. The molecule has 1 aliphatic carbocycles. The maximum atomic E-state index is 3.83. The first-order valence-corrected chi connectivity index (χ1v) is 4.56. The molecule has 58 valence electrons. The molecule has 1 aliphatic rings. The van der Waals surface area contributed by atoms with Gasteiger partial charge in [-0.15, -0.1) is 0 Å². The van der Waals surface area contributed by atoms with Gasteiger partial charge in [-0.2, -0.15) is 0 Å². The van der Waals surface area contributed by atoms with Gasteiger partial charge in [-0.05, 0) is 25.2 Å². The van der Waals surface area contributed by atoms with Crippen molar-refractivity contribution in [3.8, 4) is 0 Å². The van der Waals surface area contributed by atoms with Crippen LogP contribution in [0.1, 0.15) is 51.4 Å². The fraction of sp³-hybridized carbons (Fsp3) is 0.800. The number of rotatable bonds is 5. The van der Waals surface area contributed by atoms with E-state index in [9.17, 15) is 0 Å². The van der Waals surface area contributed by atoms with Gasteiger partial charge in [-0.3, -0.25) is 0 Å². The van der Waals surface area contributed by atoms with Crippen LogP contribution in [0.25, 0.3) is 0 Å². The highest BCUT2D eigenvalue weighted by atomic mass is 14.2. The molecule has 2 radical (unpaired) electrons. The highest BCUT2D eigenvalue weighted by Gasteiger charge is 2.16.